The lowest BCUT2D eigenvalue weighted by atomic mass is 9.98. The van der Waals surface area contributed by atoms with E-state index < -0.39 is 0 Å². The zero-order valence-corrected chi connectivity index (χ0v) is 10.7. The van der Waals surface area contributed by atoms with Gasteiger partial charge in [0, 0.05) is 25.9 Å². The van der Waals surface area contributed by atoms with Crippen molar-refractivity contribution >= 4 is 23.3 Å². The Balaban J connectivity index is 2.17. The van der Waals surface area contributed by atoms with Gasteiger partial charge in [-0.25, -0.2) is 4.98 Å². The van der Waals surface area contributed by atoms with Crippen LogP contribution in [0, 0.1) is 5.92 Å². The molecule has 0 radical (unpaired) electrons. The molecule has 1 aromatic rings. The lowest BCUT2D eigenvalue weighted by Crippen LogP contribution is -2.41. The number of carbonyl (C=O) groups is 1. The van der Waals surface area contributed by atoms with Crippen LogP contribution in [0.15, 0.2) is 12.3 Å². The van der Waals surface area contributed by atoms with Crippen LogP contribution in [0.1, 0.15) is 23.2 Å². The Morgan fingerprint density at radius 3 is 3.17 bits per heavy atom. The second-order valence-corrected chi connectivity index (χ2v) is 4.94. The number of aromatic nitrogens is 1. The van der Waals surface area contributed by atoms with E-state index in [0.717, 1.165) is 12.8 Å². The van der Waals surface area contributed by atoms with Gasteiger partial charge >= 0.3 is 0 Å². The summed E-state index contributed by atoms with van der Waals surface area (Å²) in [6.45, 7) is 1.36. The molecule has 0 spiro atoms. The van der Waals surface area contributed by atoms with Crippen molar-refractivity contribution in [2.24, 2.45) is 5.92 Å². The summed E-state index contributed by atoms with van der Waals surface area (Å²) in [6, 6.07) is 1.49. The van der Waals surface area contributed by atoms with Crippen molar-refractivity contribution in [2.75, 3.05) is 25.4 Å². The highest BCUT2D eigenvalue weighted by molar-refractivity contribution is 6.33. The van der Waals surface area contributed by atoms with Crippen molar-refractivity contribution < 1.29 is 9.90 Å². The molecule has 1 unspecified atom stereocenters. The average Bonchev–Trinajstić information content (AvgIpc) is 2.41. The predicted octanol–water partition coefficient (Wildman–Crippen LogP) is 1.16. The van der Waals surface area contributed by atoms with Crippen LogP contribution in [0.2, 0.25) is 5.02 Å². The van der Waals surface area contributed by atoms with Crippen LogP contribution in [-0.2, 0) is 0 Å². The summed E-state index contributed by atoms with van der Waals surface area (Å²) in [5, 5.41) is 9.47. The molecule has 98 valence electrons. The monoisotopic (exact) mass is 269 g/mol. The maximum Gasteiger partial charge on any atom is 0.255 e. The van der Waals surface area contributed by atoms with Gasteiger partial charge in [0.25, 0.3) is 5.91 Å². The lowest BCUT2D eigenvalue weighted by Gasteiger charge is -2.32. The smallest absolute Gasteiger partial charge is 0.255 e. The van der Waals surface area contributed by atoms with Gasteiger partial charge in [-0.3, -0.25) is 4.79 Å². The molecule has 1 saturated heterocycles. The SMILES string of the molecule is Nc1cc(C(=O)N2CCCC(CO)C2)c(Cl)cn1. The minimum atomic E-state index is -0.146. The second kappa shape index (κ2) is 5.54. The van der Waals surface area contributed by atoms with Gasteiger partial charge in [0.15, 0.2) is 0 Å². The number of nitrogens with two attached hydrogens (primary N) is 1. The van der Waals surface area contributed by atoms with E-state index in [1.807, 2.05) is 0 Å². The molecule has 18 heavy (non-hydrogen) atoms. The number of aliphatic hydroxyl groups is 1. The van der Waals surface area contributed by atoms with Crippen LogP contribution in [0.5, 0.6) is 0 Å². The summed E-state index contributed by atoms with van der Waals surface area (Å²) >= 11 is 5.97. The molecule has 1 aromatic heterocycles. The van der Waals surface area contributed by atoms with Crippen LogP contribution >= 0.6 is 11.6 Å². The van der Waals surface area contributed by atoms with Gasteiger partial charge in [0.2, 0.25) is 0 Å². The molecular formula is C12H16ClN3O2. The number of likely N-dealkylation sites (tertiary alicyclic amines) is 1. The van der Waals surface area contributed by atoms with Crippen LogP contribution in [0.4, 0.5) is 5.82 Å². The third-order valence-electron chi connectivity index (χ3n) is 3.17. The number of nitrogen functional groups attached to an aromatic ring is 1. The van der Waals surface area contributed by atoms with Crippen molar-refractivity contribution in [3.8, 4) is 0 Å². The van der Waals surface area contributed by atoms with Gasteiger partial charge in [0.05, 0.1) is 10.6 Å². The third-order valence-corrected chi connectivity index (χ3v) is 3.47. The highest BCUT2D eigenvalue weighted by Gasteiger charge is 2.25. The van der Waals surface area contributed by atoms with Gasteiger partial charge in [0.1, 0.15) is 5.82 Å². The number of nitrogens with zero attached hydrogens (tertiary/aromatic N) is 2. The first kappa shape index (κ1) is 13.1. The quantitative estimate of drug-likeness (QED) is 0.844. The number of rotatable bonds is 2. The maximum absolute atomic E-state index is 12.3. The number of hydrogen-bond acceptors (Lipinski definition) is 4. The summed E-state index contributed by atoms with van der Waals surface area (Å²) in [5.41, 5.74) is 5.95. The molecule has 3 N–H and O–H groups in total. The van der Waals surface area contributed by atoms with Gasteiger partial charge in [-0.15, -0.1) is 0 Å². The first-order chi connectivity index (χ1) is 8.61. The van der Waals surface area contributed by atoms with E-state index in [9.17, 15) is 4.79 Å². The fourth-order valence-corrected chi connectivity index (χ4v) is 2.37. The highest BCUT2D eigenvalue weighted by atomic mass is 35.5. The van der Waals surface area contributed by atoms with Crippen molar-refractivity contribution in [3.05, 3.63) is 22.8 Å². The Morgan fingerprint density at radius 1 is 1.67 bits per heavy atom. The van der Waals surface area contributed by atoms with E-state index >= 15 is 0 Å². The topological polar surface area (TPSA) is 79.5 Å². The van der Waals surface area contributed by atoms with Gasteiger partial charge in [-0.2, -0.15) is 0 Å². The summed E-state index contributed by atoms with van der Waals surface area (Å²) < 4.78 is 0. The molecule has 1 fully saturated rings. The minimum absolute atomic E-state index is 0.107. The number of pyridine rings is 1. The maximum atomic E-state index is 12.3. The minimum Gasteiger partial charge on any atom is -0.396 e. The molecule has 1 aliphatic rings. The van der Waals surface area contributed by atoms with E-state index in [4.69, 9.17) is 22.4 Å². The summed E-state index contributed by atoms with van der Waals surface area (Å²) in [6.07, 6.45) is 3.24. The van der Waals surface area contributed by atoms with Crippen LogP contribution < -0.4 is 5.73 Å². The first-order valence-electron chi connectivity index (χ1n) is 5.93. The normalized spacial score (nSPS) is 19.9. The van der Waals surface area contributed by atoms with E-state index in [2.05, 4.69) is 4.98 Å². The molecule has 0 aliphatic carbocycles. The number of piperidine rings is 1. The number of aliphatic hydroxyl groups excluding tert-OH is 1. The molecule has 2 heterocycles. The largest absolute Gasteiger partial charge is 0.396 e. The fourth-order valence-electron chi connectivity index (χ4n) is 2.19. The van der Waals surface area contributed by atoms with Crippen LogP contribution in [0.25, 0.3) is 0 Å². The summed E-state index contributed by atoms with van der Waals surface area (Å²) in [4.78, 5) is 17.9. The van der Waals surface area contributed by atoms with Gasteiger partial charge in [-0.1, -0.05) is 11.6 Å². The Labute approximate surface area is 111 Å². The number of hydrogen-bond donors (Lipinski definition) is 2. The number of halogens is 1. The van der Waals surface area contributed by atoms with E-state index in [1.165, 1.54) is 12.3 Å². The Morgan fingerprint density at radius 2 is 2.44 bits per heavy atom. The molecule has 1 amide bonds. The molecule has 1 atom stereocenters. The van der Waals surface area contributed by atoms with Crippen molar-refractivity contribution in [1.29, 1.82) is 0 Å². The Hall–Kier alpha value is -1.33. The lowest BCUT2D eigenvalue weighted by molar-refractivity contribution is 0.0621. The number of amides is 1. The molecule has 2 rings (SSSR count). The molecule has 0 aromatic carbocycles. The molecule has 0 saturated carbocycles. The zero-order valence-electron chi connectivity index (χ0n) is 9.97. The van der Waals surface area contributed by atoms with Gasteiger partial charge < -0.3 is 15.7 Å². The van der Waals surface area contributed by atoms with E-state index in [-0.39, 0.29) is 24.2 Å². The first-order valence-corrected chi connectivity index (χ1v) is 6.30. The third kappa shape index (κ3) is 2.73. The van der Waals surface area contributed by atoms with Crippen LogP contribution in [0.3, 0.4) is 0 Å². The second-order valence-electron chi connectivity index (χ2n) is 4.53. The van der Waals surface area contributed by atoms with Gasteiger partial charge in [-0.05, 0) is 24.8 Å². The summed E-state index contributed by atoms with van der Waals surface area (Å²) in [5.74, 6) is 0.284. The highest BCUT2D eigenvalue weighted by Crippen LogP contribution is 2.22. The zero-order chi connectivity index (χ0) is 13.1. The van der Waals surface area contributed by atoms with E-state index in [0.29, 0.717) is 23.7 Å². The molecule has 5 nitrogen and oxygen atoms in total. The predicted molar refractivity (Wildman–Crippen MR) is 69.4 cm³/mol. The van der Waals surface area contributed by atoms with E-state index in [1.54, 1.807) is 4.90 Å². The fraction of sp³-hybridized carbons (Fsp3) is 0.500. The molecule has 1 aliphatic heterocycles. The molecular weight excluding hydrogens is 254 g/mol. The number of carbonyl (C=O) groups excluding carboxylic acids is 1. The standard InChI is InChI=1S/C12H16ClN3O2/c13-10-5-15-11(14)4-9(10)12(18)16-3-1-2-8(6-16)7-17/h4-5,8,17H,1-3,6-7H2,(H2,14,15). The number of anilines is 1. The molecule has 6 heteroatoms. The average molecular weight is 270 g/mol. The summed E-state index contributed by atoms with van der Waals surface area (Å²) in [7, 11) is 0. The van der Waals surface area contributed by atoms with Crippen molar-refractivity contribution in [2.45, 2.75) is 12.8 Å². The Bertz CT molecular complexity index is 453. The van der Waals surface area contributed by atoms with Crippen molar-refractivity contribution in [1.82, 2.24) is 9.88 Å². The van der Waals surface area contributed by atoms with Crippen LogP contribution in [-0.4, -0.2) is 40.6 Å². The Kier molecular flexibility index (Phi) is 4.04. The van der Waals surface area contributed by atoms with Crippen molar-refractivity contribution in [3.63, 3.8) is 0 Å². The molecule has 0 bridgehead atoms.